The van der Waals surface area contributed by atoms with E-state index in [1.807, 2.05) is 24.3 Å². The lowest BCUT2D eigenvalue weighted by Crippen LogP contribution is -2.33. The van der Waals surface area contributed by atoms with E-state index in [1.54, 1.807) is 12.1 Å². The first-order valence-corrected chi connectivity index (χ1v) is 11.4. The predicted octanol–water partition coefficient (Wildman–Crippen LogP) is 5.69. The highest BCUT2D eigenvalue weighted by Gasteiger charge is 2.24. The quantitative estimate of drug-likeness (QED) is 0.593. The molecular formula is C20H25FOSi. The minimum Gasteiger partial charge on any atom is -0.411 e. The second-order valence-corrected chi connectivity index (χ2v) is 11.2. The predicted molar refractivity (Wildman–Crippen MR) is 98.4 cm³/mol. The first-order chi connectivity index (χ1) is 10.9. The largest absolute Gasteiger partial charge is 0.411 e. The summed E-state index contributed by atoms with van der Waals surface area (Å²) in [5.74, 6) is -0.235. The maximum absolute atomic E-state index is 14.1. The Morgan fingerprint density at radius 2 is 1.65 bits per heavy atom. The molecule has 0 aliphatic heterocycles. The summed E-state index contributed by atoms with van der Waals surface area (Å²) < 4.78 is 20.4. The molecule has 2 aromatic rings. The lowest BCUT2D eigenvalue weighted by Gasteiger charge is -2.28. The Bertz CT molecular complexity index is 646. The van der Waals surface area contributed by atoms with Crippen molar-refractivity contribution in [2.75, 3.05) is 0 Å². The second-order valence-electron chi connectivity index (χ2n) is 6.75. The fourth-order valence-corrected chi connectivity index (χ4v) is 3.68. The van der Waals surface area contributed by atoms with Crippen LogP contribution in [0.5, 0.6) is 0 Å². The average Bonchev–Trinajstić information content (AvgIpc) is 2.51. The monoisotopic (exact) mass is 328 g/mol. The van der Waals surface area contributed by atoms with Crippen molar-refractivity contribution in [3.63, 3.8) is 0 Å². The summed E-state index contributed by atoms with van der Waals surface area (Å²) >= 11 is 0. The van der Waals surface area contributed by atoms with Crippen LogP contribution in [0.15, 0.2) is 61.2 Å². The van der Waals surface area contributed by atoms with Crippen LogP contribution in [0.4, 0.5) is 4.39 Å². The third-order valence-corrected chi connectivity index (χ3v) is 4.63. The van der Waals surface area contributed by atoms with E-state index in [-0.39, 0.29) is 11.9 Å². The Balaban J connectivity index is 2.17. The fraction of sp³-hybridized carbons (Fsp3) is 0.300. The number of halogens is 1. The highest BCUT2D eigenvalue weighted by Crippen LogP contribution is 2.27. The van der Waals surface area contributed by atoms with E-state index < -0.39 is 8.32 Å². The molecule has 0 saturated heterocycles. The molecule has 0 N–H and O–H groups in total. The van der Waals surface area contributed by atoms with Crippen LogP contribution >= 0.6 is 0 Å². The van der Waals surface area contributed by atoms with Gasteiger partial charge in [-0.2, -0.15) is 0 Å². The molecule has 0 aromatic heterocycles. The van der Waals surface area contributed by atoms with Gasteiger partial charge in [-0.15, -0.1) is 0 Å². The summed E-state index contributed by atoms with van der Waals surface area (Å²) in [6, 6.07) is 17.1. The van der Waals surface area contributed by atoms with E-state index >= 15 is 0 Å². The van der Waals surface area contributed by atoms with Gasteiger partial charge >= 0.3 is 0 Å². The molecule has 23 heavy (non-hydrogen) atoms. The molecule has 0 radical (unpaired) electrons. The minimum absolute atomic E-state index is 0.154. The number of aryl methyl sites for hydroxylation is 1. The van der Waals surface area contributed by atoms with Crippen molar-refractivity contribution in [3.8, 4) is 0 Å². The first kappa shape index (κ1) is 17.6. The fourth-order valence-electron chi connectivity index (χ4n) is 2.57. The summed E-state index contributed by atoms with van der Waals surface area (Å²) in [4.78, 5) is 0. The molecule has 0 saturated carbocycles. The van der Waals surface area contributed by atoms with Crippen LogP contribution in [-0.2, 0) is 10.8 Å². The highest BCUT2D eigenvalue weighted by atomic mass is 28.4. The van der Waals surface area contributed by atoms with E-state index in [9.17, 15) is 4.39 Å². The first-order valence-electron chi connectivity index (χ1n) is 8.02. The van der Waals surface area contributed by atoms with E-state index in [4.69, 9.17) is 4.43 Å². The Kier molecular flexibility index (Phi) is 5.91. The van der Waals surface area contributed by atoms with Crippen molar-refractivity contribution in [1.82, 2.24) is 0 Å². The molecule has 0 amide bonds. The van der Waals surface area contributed by atoms with Gasteiger partial charge < -0.3 is 4.43 Å². The molecule has 122 valence electrons. The third kappa shape index (κ3) is 5.45. The third-order valence-electron chi connectivity index (χ3n) is 3.64. The molecule has 0 bridgehead atoms. The molecule has 3 heteroatoms. The maximum Gasteiger partial charge on any atom is 0.184 e. The molecule has 0 heterocycles. The van der Waals surface area contributed by atoms with Gasteiger partial charge in [0.05, 0.1) is 6.10 Å². The number of rotatable bonds is 7. The van der Waals surface area contributed by atoms with Crippen LogP contribution in [0.2, 0.25) is 19.6 Å². The van der Waals surface area contributed by atoms with Gasteiger partial charge in [0.25, 0.3) is 0 Å². The molecule has 2 aromatic carbocycles. The Morgan fingerprint density at radius 3 is 2.26 bits per heavy atom. The van der Waals surface area contributed by atoms with Crippen LogP contribution in [0, 0.1) is 5.82 Å². The molecule has 0 fully saturated rings. The molecule has 1 atom stereocenters. The van der Waals surface area contributed by atoms with Gasteiger partial charge in [-0.25, -0.2) is 4.39 Å². The number of benzene rings is 2. The molecule has 0 aliphatic rings. The van der Waals surface area contributed by atoms with E-state index in [0.717, 1.165) is 18.4 Å². The van der Waals surface area contributed by atoms with Crippen molar-refractivity contribution in [2.24, 2.45) is 0 Å². The second kappa shape index (κ2) is 7.71. The van der Waals surface area contributed by atoms with Crippen LogP contribution < -0.4 is 0 Å². The van der Waals surface area contributed by atoms with E-state index in [1.165, 1.54) is 11.6 Å². The molecular weight excluding hydrogens is 303 g/mol. The zero-order valence-electron chi connectivity index (χ0n) is 14.2. The average molecular weight is 329 g/mol. The maximum atomic E-state index is 14.1. The number of hydrogen-bond donors (Lipinski definition) is 0. The summed E-state index contributed by atoms with van der Waals surface area (Å²) in [6.45, 7) is 10.6. The van der Waals surface area contributed by atoms with Gasteiger partial charge in [0.1, 0.15) is 5.82 Å². The summed E-state index contributed by atoms with van der Waals surface area (Å²) in [5, 5.41) is 0. The van der Waals surface area contributed by atoms with Crippen LogP contribution in [0.25, 0.3) is 5.57 Å². The Labute approximate surface area is 140 Å². The van der Waals surface area contributed by atoms with Crippen molar-refractivity contribution < 1.29 is 8.82 Å². The summed E-state index contributed by atoms with van der Waals surface area (Å²) in [7, 11) is -1.75. The molecule has 2 rings (SSSR count). The standard InChI is InChI=1S/C20H25FOSi/c1-16(18-12-8-9-13-19(18)21)20(22-23(2,3)4)15-14-17-10-6-5-7-11-17/h5-13,20H,1,14-15H2,2-4H3. The topological polar surface area (TPSA) is 9.23 Å². The van der Waals surface area contributed by atoms with Crippen molar-refractivity contribution >= 4 is 13.9 Å². The summed E-state index contributed by atoms with van der Waals surface area (Å²) in [6.07, 6.45) is 1.55. The Hall–Kier alpha value is -1.71. The minimum atomic E-state index is -1.75. The van der Waals surface area contributed by atoms with Crippen molar-refractivity contribution in [2.45, 2.75) is 38.6 Å². The SMILES string of the molecule is C=C(c1ccccc1F)C(CCc1ccccc1)O[Si](C)(C)C. The van der Waals surface area contributed by atoms with Gasteiger partial charge in [-0.1, -0.05) is 55.1 Å². The molecule has 0 spiro atoms. The van der Waals surface area contributed by atoms with Crippen molar-refractivity contribution in [3.05, 3.63) is 78.1 Å². The Morgan fingerprint density at radius 1 is 1.04 bits per heavy atom. The number of hydrogen-bond acceptors (Lipinski definition) is 1. The van der Waals surface area contributed by atoms with Crippen LogP contribution in [-0.4, -0.2) is 14.4 Å². The van der Waals surface area contributed by atoms with Gasteiger partial charge in [-0.05, 0) is 49.7 Å². The van der Waals surface area contributed by atoms with Gasteiger partial charge in [0.2, 0.25) is 0 Å². The smallest absolute Gasteiger partial charge is 0.184 e. The lowest BCUT2D eigenvalue weighted by atomic mass is 9.97. The molecule has 0 aliphatic carbocycles. The van der Waals surface area contributed by atoms with Gasteiger partial charge in [0.15, 0.2) is 8.32 Å². The zero-order valence-corrected chi connectivity index (χ0v) is 15.2. The van der Waals surface area contributed by atoms with Crippen molar-refractivity contribution in [1.29, 1.82) is 0 Å². The normalized spacial score (nSPS) is 12.9. The summed E-state index contributed by atoms with van der Waals surface area (Å²) in [5.41, 5.74) is 2.56. The molecule has 1 unspecified atom stereocenters. The van der Waals surface area contributed by atoms with Gasteiger partial charge in [0, 0.05) is 5.56 Å². The van der Waals surface area contributed by atoms with Crippen LogP contribution in [0.1, 0.15) is 17.5 Å². The lowest BCUT2D eigenvalue weighted by molar-refractivity contribution is 0.240. The van der Waals surface area contributed by atoms with E-state index in [0.29, 0.717) is 5.56 Å². The zero-order chi connectivity index (χ0) is 16.9. The molecule has 1 nitrogen and oxygen atoms in total. The van der Waals surface area contributed by atoms with Crippen LogP contribution in [0.3, 0.4) is 0 Å². The highest BCUT2D eigenvalue weighted by molar-refractivity contribution is 6.69. The van der Waals surface area contributed by atoms with Gasteiger partial charge in [-0.3, -0.25) is 0 Å². The van der Waals surface area contributed by atoms with E-state index in [2.05, 4.69) is 38.4 Å².